The molecule has 5 heteroatoms. The second kappa shape index (κ2) is 3.10. The molecule has 17 heavy (non-hydrogen) atoms. The summed E-state index contributed by atoms with van der Waals surface area (Å²) in [6, 6.07) is 7.54. The van der Waals surface area contributed by atoms with Gasteiger partial charge in [-0.05, 0) is 6.07 Å². The van der Waals surface area contributed by atoms with Crippen LogP contribution in [0.3, 0.4) is 0 Å². The van der Waals surface area contributed by atoms with E-state index in [1.807, 2.05) is 24.3 Å². The molecular formula is C12H11N3O2. The number of benzene rings is 1. The molecule has 0 unspecified atom stereocenters. The van der Waals surface area contributed by atoms with Crippen molar-refractivity contribution in [1.29, 1.82) is 0 Å². The normalized spacial score (nSPS) is 11.4. The van der Waals surface area contributed by atoms with Gasteiger partial charge in [0.05, 0.1) is 11.0 Å². The molecule has 5 nitrogen and oxygen atoms in total. The monoisotopic (exact) mass is 229 g/mol. The van der Waals surface area contributed by atoms with E-state index in [1.54, 1.807) is 18.8 Å². The lowest BCUT2D eigenvalue weighted by Crippen LogP contribution is -2.21. The Kier molecular flexibility index (Phi) is 1.80. The van der Waals surface area contributed by atoms with Gasteiger partial charge in [0.15, 0.2) is 0 Å². The molecule has 3 rings (SSSR count). The minimum atomic E-state index is -0.339. The van der Waals surface area contributed by atoms with E-state index in [2.05, 4.69) is 5.10 Å². The van der Waals surface area contributed by atoms with Crippen molar-refractivity contribution in [2.75, 3.05) is 0 Å². The predicted molar refractivity (Wildman–Crippen MR) is 66.3 cm³/mol. The number of hydrogen-bond donors (Lipinski definition) is 1. The highest BCUT2D eigenvalue weighted by Gasteiger charge is 2.14. The molecular weight excluding hydrogens is 218 g/mol. The van der Waals surface area contributed by atoms with Gasteiger partial charge in [-0.1, -0.05) is 18.2 Å². The first-order valence-corrected chi connectivity index (χ1v) is 5.27. The number of aromatic amines is 1. The standard InChI is InChI=1S/C12H11N3O2/c1-14-8-6-4-3-5-7(8)10-9(12(14)17)11(16)13-15(10)2/h3-6H,1-2H3,(H,13,16). The van der Waals surface area contributed by atoms with E-state index in [0.717, 1.165) is 10.9 Å². The maximum absolute atomic E-state index is 12.1. The first kappa shape index (κ1) is 9.89. The molecule has 3 aromatic rings. The van der Waals surface area contributed by atoms with Crippen molar-refractivity contribution in [1.82, 2.24) is 14.3 Å². The molecule has 0 radical (unpaired) electrons. The number of fused-ring (bicyclic) bond motifs is 3. The summed E-state index contributed by atoms with van der Waals surface area (Å²) in [6.07, 6.45) is 0. The van der Waals surface area contributed by atoms with Crippen molar-refractivity contribution >= 4 is 21.8 Å². The number of aromatic nitrogens is 3. The van der Waals surface area contributed by atoms with Gasteiger partial charge in [0.1, 0.15) is 5.39 Å². The number of nitrogens with zero attached hydrogens (tertiary/aromatic N) is 2. The molecule has 86 valence electrons. The van der Waals surface area contributed by atoms with Gasteiger partial charge in [-0.2, -0.15) is 0 Å². The first-order valence-electron chi connectivity index (χ1n) is 5.27. The fourth-order valence-electron chi connectivity index (χ4n) is 2.30. The SMILES string of the molecule is Cn1[nH]c(=O)c2c(=O)n(C)c3ccccc3c21. The van der Waals surface area contributed by atoms with E-state index in [9.17, 15) is 9.59 Å². The minimum absolute atomic E-state index is 0.216. The third-order valence-electron chi connectivity index (χ3n) is 3.11. The van der Waals surface area contributed by atoms with Crippen LogP contribution in [0.4, 0.5) is 0 Å². The molecule has 2 heterocycles. The Bertz CT molecular complexity index is 852. The van der Waals surface area contributed by atoms with Crippen LogP contribution < -0.4 is 11.1 Å². The average molecular weight is 229 g/mol. The second-order valence-electron chi connectivity index (χ2n) is 4.10. The van der Waals surface area contributed by atoms with Crippen LogP contribution in [0.1, 0.15) is 0 Å². The zero-order valence-corrected chi connectivity index (χ0v) is 9.52. The van der Waals surface area contributed by atoms with Gasteiger partial charge >= 0.3 is 0 Å². The summed E-state index contributed by atoms with van der Waals surface area (Å²) >= 11 is 0. The summed E-state index contributed by atoms with van der Waals surface area (Å²) in [6.45, 7) is 0. The van der Waals surface area contributed by atoms with E-state index < -0.39 is 0 Å². The van der Waals surface area contributed by atoms with Crippen molar-refractivity contribution in [2.45, 2.75) is 0 Å². The number of aryl methyl sites for hydroxylation is 2. The number of para-hydroxylation sites is 1. The van der Waals surface area contributed by atoms with E-state index >= 15 is 0 Å². The second-order valence-corrected chi connectivity index (χ2v) is 4.10. The number of pyridine rings is 1. The quantitative estimate of drug-likeness (QED) is 0.617. The largest absolute Gasteiger partial charge is 0.311 e. The Balaban J connectivity index is 2.84. The smallest absolute Gasteiger partial charge is 0.277 e. The van der Waals surface area contributed by atoms with Gasteiger partial charge in [0.25, 0.3) is 11.1 Å². The zero-order valence-electron chi connectivity index (χ0n) is 9.52. The molecule has 0 aliphatic heterocycles. The van der Waals surface area contributed by atoms with Crippen molar-refractivity contribution < 1.29 is 0 Å². The summed E-state index contributed by atoms with van der Waals surface area (Å²) in [5.41, 5.74) is 0.878. The molecule has 0 amide bonds. The summed E-state index contributed by atoms with van der Waals surface area (Å²) in [7, 11) is 3.41. The van der Waals surface area contributed by atoms with E-state index in [4.69, 9.17) is 0 Å². The number of nitrogens with one attached hydrogen (secondary N) is 1. The third-order valence-corrected chi connectivity index (χ3v) is 3.11. The Morgan fingerprint density at radius 1 is 1.12 bits per heavy atom. The predicted octanol–water partition coefficient (Wildman–Crippen LogP) is 0.719. The fourth-order valence-corrected chi connectivity index (χ4v) is 2.30. The van der Waals surface area contributed by atoms with Crippen LogP contribution in [0, 0.1) is 0 Å². The van der Waals surface area contributed by atoms with Crippen LogP contribution in [0.15, 0.2) is 33.9 Å². The molecule has 0 aliphatic rings. The molecule has 1 aromatic carbocycles. The minimum Gasteiger partial charge on any atom is -0.311 e. The topological polar surface area (TPSA) is 59.8 Å². The van der Waals surface area contributed by atoms with E-state index in [1.165, 1.54) is 4.57 Å². The van der Waals surface area contributed by atoms with E-state index in [0.29, 0.717) is 5.52 Å². The average Bonchev–Trinajstić information content (AvgIpc) is 2.62. The van der Waals surface area contributed by atoms with Crippen LogP contribution >= 0.6 is 0 Å². The summed E-state index contributed by atoms with van der Waals surface area (Å²) in [4.78, 5) is 23.8. The van der Waals surface area contributed by atoms with Gasteiger partial charge in [-0.3, -0.25) is 19.4 Å². The highest BCUT2D eigenvalue weighted by atomic mass is 16.1. The number of hydrogen-bond acceptors (Lipinski definition) is 2. The molecule has 0 fully saturated rings. The molecule has 0 bridgehead atoms. The van der Waals surface area contributed by atoms with Crippen molar-refractivity contribution in [3.8, 4) is 0 Å². The summed E-state index contributed by atoms with van der Waals surface area (Å²) in [5, 5.41) is 3.73. The first-order chi connectivity index (χ1) is 8.11. The maximum atomic E-state index is 12.1. The lowest BCUT2D eigenvalue weighted by Gasteiger charge is -2.06. The maximum Gasteiger partial charge on any atom is 0.277 e. The summed E-state index contributed by atoms with van der Waals surface area (Å²) in [5.74, 6) is 0. The molecule has 0 saturated carbocycles. The van der Waals surface area contributed by atoms with Gasteiger partial charge in [0.2, 0.25) is 0 Å². The summed E-state index contributed by atoms with van der Waals surface area (Å²) < 4.78 is 3.11. The highest BCUT2D eigenvalue weighted by Crippen LogP contribution is 2.19. The molecule has 1 N–H and O–H groups in total. The zero-order chi connectivity index (χ0) is 12.2. The lowest BCUT2D eigenvalue weighted by atomic mass is 10.1. The molecule has 0 aliphatic carbocycles. The van der Waals surface area contributed by atoms with Gasteiger partial charge in [-0.25, -0.2) is 0 Å². The van der Waals surface area contributed by atoms with Crippen LogP contribution in [0.5, 0.6) is 0 Å². The molecule has 0 spiro atoms. The Labute approximate surface area is 95.9 Å². The number of H-pyrrole nitrogens is 1. The van der Waals surface area contributed by atoms with Gasteiger partial charge in [-0.15, -0.1) is 0 Å². The van der Waals surface area contributed by atoms with Crippen LogP contribution in [0.25, 0.3) is 21.8 Å². The van der Waals surface area contributed by atoms with Crippen LogP contribution in [-0.4, -0.2) is 14.3 Å². The van der Waals surface area contributed by atoms with Gasteiger partial charge < -0.3 is 4.57 Å². The number of rotatable bonds is 0. The van der Waals surface area contributed by atoms with Gasteiger partial charge in [0, 0.05) is 19.5 Å². The third kappa shape index (κ3) is 1.13. The molecule has 2 aromatic heterocycles. The molecule has 0 atom stereocenters. The van der Waals surface area contributed by atoms with Crippen molar-refractivity contribution in [3.05, 3.63) is 45.0 Å². The van der Waals surface area contributed by atoms with Crippen molar-refractivity contribution in [2.24, 2.45) is 14.1 Å². The van der Waals surface area contributed by atoms with E-state index in [-0.39, 0.29) is 16.5 Å². The van der Waals surface area contributed by atoms with Crippen LogP contribution in [-0.2, 0) is 14.1 Å². The Morgan fingerprint density at radius 3 is 2.59 bits per heavy atom. The Hall–Kier alpha value is -2.30. The van der Waals surface area contributed by atoms with Crippen LogP contribution in [0.2, 0.25) is 0 Å². The van der Waals surface area contributed by atoms with Crippen molar-refractivity contribution in [3.63, 3.8) is 0 Å². The fraction of sp³-hybridized carbons (Fsp3) is 0.167. The Morgan fingerprint density at radius 2 is 1.82 bits per heavy atom. The molecule has 0 saturated heterocycles. The highest BCUT2D eigenvalue weighted by molar-refractivity contribution is 6.03. The lowest BCUT2D eigenvalue weighted by molar-refractivity contribution is 0.785.